The summed E-state index contributed by atoms with van der Waals surface area (Å²) >= 11 is 0. The monoisotopic (exact) mass is 237 g/mol. The van der Waals surface area contributed by atoms with Gasteiger partial charge >= 0.3 is 0 Å². The second-order valence-corrected chi connectivity index (χ2v) is 5.05. The Morgan fingerprint density at radius 2 is 2.06 bits per heavy atom. The number of hydrogen-bond acceptors (Lipinski definition) is 4. The molecule has 4 nitrogen and oxygen atoms in total. The van der Waals surface area contributed by atoms with Crippen molar-refractivity contribution in [3.05, 3.63) is 23.8 Å². The molecule has 0 spiro atoms. The van der Waals surface area contributed by atoms with Gasteiger partial charge in [-0.15, -0.1) is 0 Å². The molecule has 0 bridgehead atoms. The van der Waals surface area contributed by atoms with E-state index in [-0.39, 0.29) is 5.41 Å². The molecule has 1 aliphatic heterocycles. The molecule has 0 atom stereocenters. The zero-order chi connectivity index (χ0) is 12.3. The first-order chi connectivity index (χ1) is 8.11. The highest BCUT2D eigenvalue weighted by Gasteiger charge is 2.16. The fourth-order valence-electron chi connectivity index (χ4n) is 1.53. The van der Waals surface area contributed by atoms with Crippen LogP contribution in [0.3, 0.4) is 0 Å². The van der Waals surface area contributed by atoms with E-state index in [1.807, 2.05) is 18.2 Å². The molecule has 4 heteroatoms. The Balaban J connectivity index is 1.88. The third-order valence-electron chi connectivity index (χ3n) is 2.75. The normalized spacial score (nSPS) is 14.1. The average molecular weight is 237 g/mol. The summed E-state index contributed by atoms with van der Waals surface area (Å²) in [7, 11) is 0. The van der Waals surface area contributed by atoms with Crippen molar-refractivity contribution in [1.82, 2.24) is 0 Å². The number of rotatable bonds is 5. The predicted octanol–water partition coefficient (Wildman–Crippen LogP) is 1.92. The minimum absolute atomic E-state index is 0.0241. The fourth-order valence-corrected chi connectivity index (χ4v) is 1.53. The summed E-state index contributed by atoms with van der Waals surface area (Å²) in [5.74, 6) is 1.60. The van der Waals surface area contributed by atoms with Gasteiger partial charge in [0.2, 0.25) is 6.79 Å². The predicted molar refractivity (Wildman–Crippen MR) is 65.1 cm³/mol. The first-order valence-corrected chi connectivity index (χ1v) is 5.77. The van der Waals surface area contributed by atoms with Gasteiger partial charge in [-0.1, -0.05) is 19.9 Å². The molecule has 0 aliphatic carbocycles. The van der Waals surface area contributed by atoms with E-state index in [1.165, 1.54) is 0 Å². The zero-order valence-electron chi connectivity index (χ0n) is 10.4. The van der Waals surface area contributed by atoms with Gasteiger partial charge in [-0.2, -0.15) is 0 Å². The van der Waals surface area contributed by atoms with Crippen molar-refractivity contribution >= 4 is 0 Å². The third-order valence-corrected chi connectivity index (χ3v) is 2.75. The molecule has 1 aromatic carbocycles. The maximum Gasteiger partial charge on any atom is 0.231 e. The summed E-state index contributed by atoms with van der Waals surface area (Å²) in [4.78, 5) is 0. The van der Waals surface area contributed by atoms with Gasteiger partial charge in [0.1, 0.15) is 0 Å². The van der Waals surface area contributed by atoms with Crippen LogP contribution in [0.2, 0.25) is 0 Å². The Bertz CT molecular complexity index is 390. The van der Waals surface area contributed by atoms with Gasteiger partial charge in [0, 0.05) is 5.41 Å². The van der Waals surface area contributed by atoms with E-state index < -0.39 is 0 Å². The minimum atomic E-state index is 0.0241. The Morgan fingerprint density at radius 1 is 1.29 bits per heavy atom. The lowest BCUT2D eigenvalue weighted by atomic mass is 9.95. The van der Waals surface area contributed by atoms with Crippen LogP contribution in [0.15, 0.2) is 18.2 Å². The summed E-state index contributed by atoms with van der Waals surface area (Å²) in [6.45, 7) is 6.32. The second-order valence-electron chi connectivity index (χ2n) is 5.05. The van der Waals surface area contributed by atoms with E-state index in [2.05, 4.69) is 13.8 Å². The quantitative estimate of drug-likeness (QED) is 0.850. The lowest BCUT2D eigenvalue weighted by molar-refractivity contribution is 0.0553. The van der Waals surface area contributed by atoms with Gasteiger partial charge in [-0.25, -0.2) is 0 Å². The van der Waals surface area contributed by atoms with Crippen molar-refractivity contribution in [3.8, 4) is 11.5 Å². The molecule has 0 unspecified atom stereocenters. The first-order valence-electron chi connectivity index (χ1n) is 5.77. The number of nitrogens with two attached hydrogens (primary N) is 1. The Labute approximate surface area is 102 Å². The molecule has 0 radical (unpaired) electrons. The highest BCUT2D eigenvalue weighted by molar-refractivity contribution is 5.44. The van der Waals surface area contributed by atoms with E-state index in [4.69, 9.17) is 19.9 Å². The lowest BCUT2D eigenvalue weighted by Gasteiger charge is -2.21. The maximum absolute atomic E-state index is 5.66. The smallest absolute Gasteiger partial charge is 0.231 e. The average Bonchev–Trinajstić information content (AvgIpc) is 2.76. The van der Waals surface area contributed by atoms with Crippen molar-refractivity contribution in [2.24, 2.45) is 11.1 Å². The summed E-state index contributed by atoms with van der Waals surface area (Å²) in [5.41, 5.74) is 6.75. The standard InChI is InChI=1S/C13H19NO3/c1-13(2,7-14)8-15-6-10-3-4-11-12(5-10)17-9-16-11/h3-5H,6-9,14H2,1-2H3. The number of benzene rings is 1. The van der Waals surface area contributed by atoms with Gasteiger partial charge in [0.15, 0.2) is 11.5 Å². The van der Waals surface area contributed by atoms with Gasteiger partial charge in [-0.05, 0) is 24.2 Å². The van der Waals surface area contributed by atoms with Crippen molar-refractivity contribution in [2.75, 3.05) is 19.9 Å². The molecule has 1 aromatic rings. The SMILES string of the molecule is CC(C)(CN)COCc1ccc2c(c1)OCO2. The van der Waals surface area contributed by atoms with E-state index >= 15 is 0 Å². The molecule has 0 saturated heterocycles. The Morgan fingerprint density at radius 3 is 2.82 bits per heavy atom. The fraction of sp³-hybridized carbons (Fsp3) is 0.538. The van der Waals surface area contributed by atoms with Gasteiger partial charge in [0.25, 0.3) is 0 Å². The second kappa shape index (κ2) is 4.94. The maximum atomic E-state index is 5.66. The summed E-state index contributed by atoms with van der Waals surface area (Å²) in [6.07, 6.45) is 0. The Hall–Kier alpha value is -1.26. The Kier molecular flexibility index (Phi) is 3.54. The van der Waals surface area contributed by atoms with Crippen molar-refractivity contribution in [3.63, 3.8) is 0 Å². The highest BCUT2D eigenvalue weighted by atomic mass is 16.7. The van der Waals surface area contributed by atoms with Crippen molar-refractivity contribution in [1.29, 1.82) is 0 Å². The lowest BCUT2D eigenvalue weighted by Crippen LogP contribution is -2.28. The largest absolute Gasteiger partial charge is 0.454 e. The molecule has 2 rings (SSSR count). The number of fused-ring (bicyclic) bond motifs is 1. The van der Waals surface area contributed by atoms with Crippen LogP contribution in [0, 0.1) is 5.41 Å². The zero-order valence-corrected chi connectivity index (χ0v) is 10.4. The van der Waals surface area contributed by atoms with Crippen LogP contribution in [0.5, 0.6) is 11.5 Å². The van der Waals surface area contributed by atoms with Crippen LogP contribution in [0.4, 0.5) is 0 Å². The topological polar surface area (TPSA) is 53.7 Å². The molecular formula is C13H19NO3. The van der Waals surface area contributed by atoms with Crippen LogP contribution in [-0.4, -0.2) is 19.9 Å². The molecule has 94 valence electrons. The summed E-state index contributed by atoms with van der Waals surface area (Å²) in [6, 6.07) is 5.86. The van der Waals surface area contributed by atoms with Crippen LogP contribution in [0.1, 0.15) is 19.4 Å². The minimum Gasteiger partial charge on any atom is -0.454 e. The van der Waals surface area contributed by atoms with Crippen LogP contribution in [-0.2, 0) is 11.3 Å². The van der Waals surface area contributed by atoms with E-state index in [9.17, 15) is 0 Å². The van der Waals surface area contributed by atoms with E-state index in [0.29, 0.717) is 26.6 Å². The molecule has 0 amide bonds. The van der Waals surface area contributed by atoms with Crippen LogP contribution in [0.25, 0.3) is 0 Å². The van der Waals surface area contributed by atoms with Crippen LogP contribution >= 0.6 is 0 Å². The van der Waals surface area contributed by atoms with Gasteiger partial charge in [0.05, 0.1) is 13.2 Å². The van der Waals surface area contributed by atoms with E-state index in [1.54, 1.807) is 0 Å². The molecule has 0 fully saturated rings. The first kappa shape index (κ1) is 12.2. The van der Waals surface area contributed by atoms with E-state index in [0.717, 1.165) is 17.1 Å². The van der Waals surface area contributed by atoms with Gasteiger partial charge in [-0.3, -0.25) is 0 Å². The van der Waals surface area contributed by atoms with Crippen LogP contribution < -0.4 is 15.2 Å². The molecule has 17 heavy (non-hydrogen) atoms. The number of ether oxygens (including phenoxy) is 3. The molecule has 0 saturated carbocycles. The summed E-state index contributed by atoms with van der Waals surface area (Å²) in [5, 5.41) is 0. The number of hydrogen-bond donors (Lipinski definition) is 1. The van der Waals surface area contributed by atoms with Crippen molar-refractivity contribution < 1.29 is 14.2 Å². The third kappa shape index (κ3) is 3.11. The molecule has 0 aromatic heterocycles. The summed E-state index contributed by atoms with van der Waals surface area (Å²) < 4.78 is 16.2. The van der Waals surface area contributed by atoms with Gasteiger partial charge < -0.3 is 19.9 Å². The molecule has 1 aliphatic rings. The highest BCUT2D eigenvalue weighted by Crippen LogP contribution is 2.32. The molecule has 2 N–H and O–H groups in total. The van der Waals surface area contributed by atoms with Crippen molar-refractivity contribution in [2.45, 2.75) is 20.5 Å². The molecular weight excluding hydrogens is 218 g/mol. The molecule has 1 heterocycles.